The fourth-order valence-corrected chi connectivity index (χ4v) is 3.96. The molecule has 0 aromatic heterocycles. The van der Waals surface area contributed by atoms with Crippen molar-refractivity contribution in [3.05, 3.63) is 63.2 Å². The Balaban J connectivity index is 0.00000242. The van der Waals surface area contributed by atoms with Crippen LogP contribution in [0.15, 0.2) is 24.3 Å². The van der Waals surface area contributed by atoms with E-state index < -0.39 is 0 Å². The maximum atomic E-state index is 12.8. The first-order chi connectivity index (χ1) is 9.81. The van der Waals surface area contributed by atoms with Gasteiger partial charge in [-0.25, -0.2) is 0 Å². The van der Waals surface area contributed by atoms with Gasteiger partial charge in [-0.3, -0.25) is 4.79 Å². The molecule has 2 rings (SSSR count). The monoisotopic (exact) mass is 306 g/mol. The Hall–Kier alpha value is -0.863. The van der Waals surface area contributed by atoms with Crippen molar-refractivity contribution in [1.29, 1.82) is 0 Å². The molecule has 0 saturated heterocycles. The third-order valence-electron chi connectivity index (χ3n) is 4.21. The molecule has 0 amide bonds. The van der Waals surface area contributed by atoms with Crippen molar-refractivity contribution in [3.8, 4) is 0 Å². The van der Waals surface area contributed by atoms with Crippen molar-refractivity contribution in [3.63, 3.8) is 0 Å². The van der Waals surface area contributed by atoms with Gasteiger partial charge in [-0.1, -0.05) is 29.8 Å². The zero-order chi connectivity index (χ0) is 15.7. The number of hydrogen-bond acceptors (Lipinski definition) is 1. The molecule has 0 bridgehead atoms. The van der Waals surface area contributed by atoms with E-state index in [9.17, 15) is 4.79 Å². The van der Waals surface area contributed by atoms with Crippen molar-refractivity contribution >= 4 is 38.3 Å². The molecule has 22 heavy (non-hydrogen) atoms. The van der Waals surface area contributed by atoms with E-state index in [1.54, 1.807) is 0 Å². The molecular formula is C19H24LiOP. The van der Waals surface area contributed by atoms with Gasteiger partial charge in [0.2, 0.25) is 0 Å². The number of rotatable bonds is 3. The van der Waals surface area contributed by atoms with Gasteiger partial charge in [-0.2, -0.15) is 0 Å². The molecule has 0 radical (unpaired) electrons. The molecule has 2 aromatic rings. The van der Waals surface area contributed by atoms with E-state index in [0.717, 1.165) is 22.0 Å². The molecule has 2 aromatic carbocycles. The van der Waals surface area contributed by atoms with Crippen molar-refractivity contribution in [1.82, 2.24) is 0 Å². The molecule has 0 aliphatic heterocycles. The van der Waals surface area contributed by atoms with Gasteiger partial charge < -0.3 is 0 Å². The van der Waals surface area contributed by atoms with E-state index in [1.165, 1.54) is 22.3 Å². The van der Waals surface area contributed by atoms with Crippen LogP contribution < -0.4 is 5.30 Å². The van der Waals surface area contributed by atoms with Crippen LogP contribution in [0.2, 0.25) is 0 Å². The molecule has 1 nitrogen and oxygen atoms in total. The predicted octanol–water partition coefficient (Wildman–Crippen LogP) is 4.03. The maximum absolute atomic E-state index is 12.8. The first-order valence-corrected chi connectivity index (χ1v) is 8.27. The molecule has 1 atom stereocenters. The average Bonchev–Trinajstić information content (AvgIpc) is 2.39. The Kier molecular flexibility index (Phi) is 6.63. The topological polar surface area (TPSA) is 17.1 Å². The summed E-state index contributed by atoms with van der Waals surface area (Å²) >= 11 is 0. The first-order valence-electron chi connectivity index (χ1n) is 7.27. The molecular weight excluding hydrogens is 282 g/mol. The number of carbonyl (C=O) groups is 1. The minimum atomic E-state index is 0. The van der Waals surface area contributed by atoms with Crippen LogP contribution in [0.4, 0.5) is 0 Å². The third-order valence-corrected chi connectivity index (χ3v) is 5.52. The van der Waals surface area contributed by atoms with Crippen LogP contribution in [0.1, 0.15) is 43.7 Å². The summed E-state index contributed by atoms with van der Waals surface area (Å²) in [5.74, 6) is 0. The van der Waals surface area contributed by atoms with Gasteiger partial charge in [-0.15, -0.1) is 0 Å². The second-order valence-electron chi connectivity index (χ2n) is 5.91. The molecule has 1 unspecified atom stereocenters. The van der Waals surface area contributed by atoms with Gasteiger partial charge in [0.25, 0.3) is 0 Å². The quantitative estimate of drug-likeness (QED) is 0.618. The van der Waals surface area contributed by atoms with Gasteiger partial charge in [0.15, 0.2) is 5.52 Å². The summed E-state index contributed by atoms with van der Waals surface area (Å²) in [5, 5.41) is 1.16. The summed E-state index contributed by atoms with van der Waals surface area (Å²) in [4.78, 5) is 12.8. The Labute approximate surface area is 147 Å². The Morgan fingerprint density at radius 1 is 0.818 bits per heavy atom. The van der Waals surface area contributed by atoms with Gasteiger partial charge in [-0.05, 0) is 83.2 Å². The van der Waals surface area contributed by atoms with Gasteiger partial charge in [0, 0.05) is 5.56 Å². The Bertz CT molecular complexity index is 720. The molecule has 0 spiro atoms. The van der Waals surface area contributed by atoms with E-state index in [2.05, 4.69) is 58.9 Å². The fourth-order valence-electron chi connectivity index (χ4n) is 2.77. The molecule has 112 valence electrons. The molecule has 0 aliphatic carbocycles. The van der Waals surface area contributed by atoms with Gasteiger partial charge in [0.05, 0.1) is 0 Å². The van der Waals surface area contributed by atoms with Crippen LogP contribution in [-0.4, -0.2) is 24.4 Å². The van der Waals surface area contributed by atoms with Crippen LogP contribution in [0, 0.1) is 41.5 Å². The van der Waals surface area contributed by atoms with Crippen molar-refractivity contribution < 1.29 is 4.79 Å². The predicted molar refractivity (Wildman–Crippen MR) is 101 cm³/mol. The summed E-state index contributed by atoms with van der Waals surface area (Å²) in [6, 6.07) is 8.45. The molecule has 0 N–H and O–H groups in total. The first kappa shape index (κ1) is 19.2. The number of aryl methyl sites for hydroxylation is 4. The average molecular weight is 306 g/mol. The Morgan fingerprint density at radius 3 is 2.05 bits per heavy atom. The normalized spacial score (nSPS) is 10.8. The molecule has 0 fully saturated rings. The summed E-state index contributed by atoms with van der Waals surface area (Å²) in [6.45, 7) is 12.5. The van der Waals surface area contributed by atoms with E-state index in [0.29, 0.717) is 0 Å². The minimum absolute atomic E-state index is 0. The van der Waals surface area contributed by atoms with Crippen LogP contribution in [0.5, 0.6) is 0 Å². The van der Waals surface area contributed by atoms with Crippen molar-refractivity contribution in [2.24, 2.45) is 0 Å². The van der Waals surface area contributed by atoms with Crippen LogP contribution >= 0.6 is 8.58 Å². The summed E-state index contributed by atoms with van der Waals surface area (Å²) in [6.07, 6.45) is 0. The Morgan fingerprint density at radius 2 is 1.45 bits per heavy atom. The third kappa shape index (κ3) is 3.91. The van der Waals surface area contributed by atoms with Crippen molar-refractivity contribution in [2.75, 3.05) is 0 Å². The van der Waals surface area contributed by atoms with E-state index in [1.807, 2.05) is 6.92 Å². The van der Waals surface area contributed by atoms with Gasteiger partial charge in [0.1, 0.15) is 0 Å². The summed E-state index contributed by atoms with van der Waals surface area (Å²) < 4.78 is 0. The SMILES string of the molecule is Cc1ccc(PC(=O)c2c(C)cc(C)c(C)c2C)c(C)c1.[LiH]. The molecule has 3 heteroatoms. The summed E-state index contributed by atoms with van der Waals surface area (Å²) in [7, 11) is 0.198. The molecule has 0 saturated carbocycles. The zero-order valence-electron chi connectivity index (χ0n) is 13.7. The number of benzene rings is 2. The molecule has 0 aliphatic rings. The standard InChI is InChI=1S/C19H23OP.Li.H/c1-11-7-8-17(13(3)9-11)21-19(20)18-14(4)10-12(2)15(5)16(18)6;;/h7-10,21H,1-6H3;;. The van der Waals surface area contributed by atoms with E-state index >= 15 is 0 Å². The summed E-state index contributed by atoms with van der Waals surface area (Å²) in [5.41, 5.74) is 8.34. The van der Waals surface area contributed by atoms with E-state index in [-0.39, 0.29) is 33.0 Å². The fraction of sp³-hybridized carbons (Fsp3) is 0.316. The second kappa shape index (κ2) is 7.61. The molecule has 0 heterocycles. The second-order valence-corrected chi connectivity index (χ2v) is 7.15. The van der Waals surface area contributed by atoms with Crippen LogP contribution in [0.25, 0.3) is 0 Å². The van der Waals surface area contributed by atoms with Crippen LogP contribution in [-0.2, 0) is 0 Å². The number of hydrogen-bond donors (Lipinski definition) is 0. The van der Waals surface area contributed by atoms with Crippen LogP contribution in [0.3, 0.4) is 0 Å². The van der Waals surface area contributed by atoms with Gasteiger partial charge >= 0.3 is 18.9 Å². The van der Waals surface area contributed by atoms with E-state index in [4.69, 9.17) is 0 Å². The number of carbonyl (C=O) groups excluding carboxylic acids is 1. The van der Waals surface area contributed by atoms with Crippen molar-refractivity contribution in [2.45, 2.75) is 41.5 Å². The zero-order valence-corrected chi connectivity index (χ0v) is 14.7.